The van der Waals surface area contributed by atoms with Crippen LogP contribution >= 0.6 is 0 Å². The van der Waals surface area contributed by atoms with E-state index in [4.69, 9.17) is 9.47 Å². The van der Waals surface area contributed by atoms with Gasteiger partial charge in [0.25, 0.3) is 0 Å². The maximum absolute atomic E-state index is 11.7. The number of nitrogens with one attached hydrogen (secondary N) is 1. The van der Waals surface area contributed by atoms with Crippen molar-refractivity contribution in [3.63, 3.8) is 0 Å². The normalized spacial score (nSPS) is 12.2. The van der Waals surface area contributed by atoms with Gasteiger partial charge in [-0.15, -0.1) is 0 Å². The maximum atomic E-state index is 11.7. The molecule has 1 atom stereocenters. The molecule has 2 N–H and O–H groups in total. The number of hydrogen-bond donors (Lipinski definition) is 2. The zero-order chi connectivity index (χ0) is 25.3. The maximum Gasteiger partial charge on any atom is 0.306 e. The number of aliphatic hydroxyl groups excluding tert-OH is 1. The van der Waals surface area contributed by atoms with Gasteiger partial charge in [0.15, 0.2) is 0 Å². The molecule has 0 aliphatic carbocycles. The van der Waals surface area contributed by atoms with Crippen molar-refractivity contribution in [3.8, 4) is 11.8 Å². The fraction of sp³-hybridized carbons (Fsp3) is 0.379. The van der Waals surface area contributed by atoms with Crippen LogP contribution in [-0.4, -0.2) is 42.5 Å². The van der Waals surface area contributed by atoms with Gasteiger partial charge in [-0.05, 0) is 61.6 Å². The number of β-amino-alcohol motifs (C(OH)–C–C–N with tert-alkyl or cyclic N) is 1. The highest BCUT2D eigenvalue weighted by atomic mass is 16.5. The number of carbonyl (C=O) groups excluding carboxylic acids is 1. The zero-order valence-corrected chi connectivity index (χ0v) is 20.7. The summed E-state index contributed by atoms with van der Waals surface area (Å²) in [6.45, 7) is 6.71. The van der Waals surface area contributed by atoms with Crippen LogP contribution in [0.4, 0.5) is 0 Å². The SMILES string of the molecule is CCOC(=O)CCc1cccc(OCC(O)CNC(C)(C)Cc2ccc3ccccc3c2)c1C#N. The first-order valence-corrected chi connectivity index (χ1v) is 12.0. The highest BCUT2D eigenvalue weighted by Crippen LogP contribution is 2.23. The number of aliphatic hydroxyl groups is 1. The highest BCUT2D eigenvalue weighted by Gasteiger charge is 2.20. The molecule has 0 bridgehead atoms. The van der Waals surface area contributed by atoms with Crippen LogP contribution in [0.15, 0.2) is 60.7 Å². The van der Waals surface area contributed by atoms with Gasteiger partial charge in [-0.1, -0.05) is 54.6 Å². The molecule has 0 aliphatic rings. The molecule has 0 saturated heterocycles. The summed E-state index contributed by atoms with van der Waals surface area (Å²) in [5.74, 6) is 0.110. The van der Waals surface area contributed by atoms with Crippen molar-refractivity contribution >= 4 is 16.7 Å². The lowest BCUT2D eigenvalue weighted by atomic mass is 9.93. The van der Waals surface area contributed by atoms with E-state index in [2.05, 4.69) is 55.6 Å². The Morgan fingerprint density at radius 2 is 1.89 bits per heavy atom. The number of fused-ring (bicyclic) bond motifs is 1. The molecule has 0 aromatic heterocycles. The molecular formula is C29H34N2O4. The summed E-state index contributed by atoms with van der Waals surface area (Å²) in [6.07, 6.45) is 0.657. The van der Waals surface area contributed by atoms with Crippen molar-refractivity contribution in [1.82, 2.24) is 5.32 Å². The lowest BCUT2D eigenvalue weighted by molar-refractivity contribution is -0.143. The van der Waals surface area contributed by atoms with Crippen LogP contribution in [0.2, 0.25) is 0 Å². The van der Waals surface area contributed by atoms with E-state index in [9.17, 15) is 15.2 Å². The third-order valence-electron chi connectivity index (χ3n) is 5.84. The molecule has 35 heavy (non-hydrogen) atoms. The molecule has 6 nitrogen and oxygen atoms in total. The first-order valence-electron chi connectivity index (χ1n) is 12.0. The van der Waals surface area contributed by atoms with Crippen LogP contribution in [-0.2, 0) is 22.4 Å². The van der Waals surface area contributed by atoms with Gasteiger partial charge in [0, 0.05) is 18.5 Å². The lowest BCUT2D eigenvalue weighted by Crippen LogP contribution is -2.46. The van der Waals surface area contributed by atoms with Crippen molar-refractivity contribution in [1.29, 1.82) is 5.26 Å². The number of ether oxygens (including phenoxy) is 2. The quantitative estimate of drug-likeness (QED) is 0.374. The van der Waals surface area contributed by atoms with Gasteiger partial charge in [-0.3, -0.25) is 4.79 Å². The average Bonchev–Trinajstić information content (AvgIpc) is 2.84. The second-order valence-electron chi connectivity index (χ2n) is 9.29. The molecule has 0 radical (unpaired) electrons. The summed E-state index contributed by atoms with van der Waals surface area (Å²) in [7, 11) is 0. The number of nitriles is 1. The van der Waals surface area contributed by atoms with Crippen LogP contribution in [0.3, 0.4) is 0 Å². The van der Waals surface area contributed by atoms with E-state index < -0.39 is 6.10 Å². The Morgan fingerprint density at radius 1 is 1.11 bits per heavy atom. The monoisotopic (exact) mass is 474 g/mol. The zero-order valence-electron chi connectivity index (χ0n) is 20.7. The van der Waals surface area contributed by atoms with E-state index in [0.717, 1.165) is 12.0 Å². The number of rotatable bonds is 12. The molecule has 3 rings (SSSR count). The van der Waals surface area contributed by atoms with E-state index in [1.165, 1.54) is 16.3 Å². The Bertz CT molecular complexity index is 1180. The van der Waals surface area contributed by atoms with E-state index in [1.54, 1.807) is 25.1 Å². The standard InChI is InChI=1S/C29H34N2O4/c1-4-34-28(33)15-14-23-10-7-11-27(26(23)18-30)35-20-25(32)19-31-29(2,3)17-21-12-13-22-8-5-6-9-24(22)16-21/h5-13,16,25,31-32H,4,14-15,17,19-20H2,1-3H3. The van der Waals surface area contributed by atoms with Crippen molar-refractivity contribution in [2.75, 3.05) is 19.8 Å². The van der Waals surface area contributed by atoms with Gasteiger partial charge in [0.05, 0.1) is 12.2 Å². The number of hydrogen-bond acceptors (Lipinski definition) is 6. The summed E-state index contributed by atoms with van der Waals surface area (Å²) in [4.78, 5) is 11.7. The van der Waals surface area contributed by atoms with E-state index >= 15 is 0 Å². The number of aryl methyl sites for hydroxylation is 1. The van der Waals surface area contributed by atoms with Gasteiger partial charge >= 0.3 is 5.97 Å². The van der Waals surface area contributed by atoms with Gasteiger partial charge in [-0.25, -0.2) is 0 Å². The molecule has 0 saturated carbocycles. The first kappa shape index (κ1) is 26.2. The predicted molar refractivity (Wildman–Crippen MR) is 137 cm³/mol. The number of nitrogens with zero attached hydrogens (tertiary/aromatic N) is 1. The predicted octanol–water partition coefficient (Wildman–Crippen LogP) is 4.56. The fourth-order valence-electron chi connectivity index (χ4n) is 4.06. The average molecular weight is 475 g/mol. The molecule has 1 unspecified atom stereocenters. The largest absolute Gasteiger partial charge is 0.489 e. The minimum atomic E-state index is -0.749. The van der Waals surface area contributed by atoms with E-state index in [-0.39, 0.29) is 24.5 Å². The third-order valence-corrected chi connectivity index (χ3v) is 5.84. The van der Waals surface area contributed by atoms with E-state index in [0.29, 0.717) is 30.9 Å². The highest BCUT2D eigenvalue weighted by molar-refractivity contribution is 5.83. The van der Waals surface area contributed by atoms with Crippen molar-refractivity contribution in [3.05, 3.63) is 77.4 Å². The molecule has 3 aromatic carbocycles. The Labute approximate surface area is 207 Å². The Balaban J connectivity index is 1.52. The van der Waals surface area contributed by atoms with Crippen LogP contribution < -0.4 is 10.1 Å². The fourth-order valence-corrected chi connectivity index (χ4v) is 4.06. The van der Waals surface area contributed by atoms with Crippen molar-refractivity contribution < 1.29 is 19.4 Å². The summed E-state index contributed by atoms with van der Waals surface area (Å²) in [5, 5.41) is 26.0. The third kappa shape index (κ3) is 7.81. The molecule has 3 aromatic rings. The molecule has 184 valence electrons. The van der Waals surface area contributed by atoms with Crippen LogP contribution in [0.1, 0.15) is 43.9 Å². The Morgan fingerprint density at radius 3 is 2.63 bits per heavy atom. The summed E-state index contributed by atoms with van der Waals surface area (Å²) in [6, 6.07) is 22.2. The second kappa shape index (κ2) is 12.3. The second-order valence-corrected chi connectivity index (χ2v) is 9.29. The summed E-state index contributed by atoms with van der Waals surface area (Å²) in [5.41, 5.74) is 2.11. The van der Waals surface area contributed by atoms with Gasteiger partial charge in [0.2, 0.25) is 0 Å². The summed E-state index contributed by atoms with van der Waals surface area (Å²) >= 11 is 0. The van der Waals surface area contributed by atoms with Crippen molar-refractivity contribution in [2.45, 2.75) is 51.7 Å². The van der Waals surface area contributed by atoms with Crippen LogP contribution in [0.5, 0.6) is 5.75 Å². The molecule has 0 aliphatic heterocycles. The van der Waals surface area contributed by atoms with E-state index in [1.807, 2.05) is 12.1 Å². The van der Waals surface area contributed by atoms with Gasteiger partial charge in [0.1, 0.15) is 24.5 Å². The molecule has 6 heteroatoms. The van der Waals surface area contributed by atoms with Crippen LogP contribution in [0.25, 0.3) is 10.8 Å². The minimum Gasteiger partial charge on any atom is -0.489 e. The number of esters is 1. The lowest BCUT2D eigenvalue weighted by Gasteiger charge is -2.28. The van der Waals surface area contributed by atoms with Gasteiger partial charge in [-0.2, -0.15) is 5.26 Å². The van der Waals surface area contributed by atoms with Gasteiger partial charge < -0.3 is 19.9 Å². The smallest absolute Gasteiger partial charge is 0.306 e. The molecule has 0 amide bonds. The number of benzene rings is 3. The Hall–Kier alpha value is -3.40. The first-order chi connectivity index (χ1) is 16.8. The molecule has 0 heterocycles. The number of carbonyl (C=O) groups is 1. The molecule has 0 spiro atoms. The Kier molecular flexibility index (Phi) is 9.25. The minimum absolute atomic E-state index is 0.0507. The molecule has 0 fully saturated rings. The van der Waals surface area contributed by atoms with Crippen LogP contribution in [0, 0.1) is 11.3 Å². The topological polar surface area (TPSA) is 91.6 Å². The van der Waals surface area contributed by atoms with Crippen molar-refractivity contribution in [2.24, 2.45) is 0 Å². The molecular weight excluding hydrogens is 440 g/mol. The summed E-state index contributed by atoms with van der Waals surface area (Å²) < 4.78 is 10.8.